The smallest absolute Gasteiger partial charge is 0.336 e. The highest BCUT2D eigenvalue weighted by Gasteiger charge is 2.33. The Bertz CT molecular complexity index is 1020. The van der Waals surface area contributed by atoms with Gasteiger partial charge in [0.2, 0.25) is 0 Å². The highest BCUT2D eigenvalue weighted by Crippen LogP contribution is 2.27. The number of rotatable bonds is 6. The molecule has 0 spiro atoms. The van der Waals surface area contributed by atoms with Crippen LogP contribution in [-0.2, 0) is 19.5 Å². The fourth-order valence-corrected chi connectivity index (χ4v) is 3.69. The number of aromatic hydroxyl groups is 1. The van der Waals surface area contributed by atoms with E-state index in [2.05, 4.69) is 0 Å². The molecule has 0 saturated heterocycles. The highest BCUT2D eigenvalue weighted by atomic mass is 19.1. The molecule has 4 rings (SSSR count). The Labute approximate surface area is 156 Å². The molecule has 1 heterocycles. The van der Waals surface area contributed by atoms with Gasteiger partial charge in [-0.2, -0.15) is 0 Å². The summed E-state index contributed by atoms with van der Waals surface area (Å²) in [5.74, 6) is -0.0757. The normalized spacial score (nSPS) is 15.2. The number of benzene rings is 2. The molecular weight excluding hydrogens is 345 g/mol. The van der Waals surface area contributed by atoms with Crippen molar-refractivity contribution < 1.29 is 18.8 Å². The molecule has 0 amide bonds. The van der Waals surface area contributed by atoms with Crippen LogP contribution in [-0.4, -0.2) is 11.1 Å². The lowest BCUT2D eigenvalue weighted by Crippen LogP contribution is -3.10. The van der Waals surface area contributed by atoms with E-state index in [1.165, 1.54) is 23.1 Å². The number of nitrogens with one attached hydrogen (secondary N) is 1. The molecule has 27 heavy (non-hydrogen) atoms. The molecule has 0 aliphatic heterocycles. The van der Waals surface area contributed by atoms with Gasteiger partial charge in [-0.05, 0) is 30.2 Å². The van der Waals surface area contributed by atoms with E-state index >= 15 is 0 Å². The summed E-state index contributed by atoms with van der Waals surface area (Å²) < 4.78 is 18.5. The number of hydrogen-bond acceptors (Lipinski definition) is 3. The van der Waals surface area contributed by atoms with Gasteiger partial charge in [0.25, 0.3) is 0 Å². The lowest BCUT2D eigenvalue weighted by molar-refractivity contribution is -0.938. The molecule has 1 aliphatic rings. The number of fused-ring (bicyclic) bond motifs is 1. The van der Waals surface area contributed by atoms with E-state index in [0.29, 0.717) is 24.6 Å². The van der Waals surface area contributed by atoms with Gasteiger partial charge in [-0.1, -0.05) is 19.1 Å². The van der Waals surface area contributed by atoms with Crippen molar-refractivity contribution in [2.75, 3.05) is 0 Å². The quantitative estimate of drug-likeness (QED) is 0.658. The van der Waals surface area contributed by atoms with E-state index in [4.69, 9.17) is 4.42 Å². The van der Waals surface area contributed by atoms with Gasteiger partial charge in [0.05, 0.1) is 6.04 Å². The van der Waals surface area contributed by atoms with Crippen LogP contribution in [0.4, 0.5) is 4.39 Å². The second kappa shape index (κ2) is 7.16. The van der Waals surface area contributed by atoms with Gasteiger partial charge in [0.15, 0.2) is 0 Å². The summed E-state index contributed by atoms with van der Waals surface area (Å²) in [7, 11) is 0. The van der Waals surface area contributed by atoms with Crippen LogP contribution in [0.1, 0.15) is 36.5 Å². The monoisotopic (exact) mass is 368 g/mol. The topological polar surface area (TPSA) is 54.9 Å². The minimum atomic E-state index is -0.405. The van der Waals surface area contributed by atoms with Gasteiger partial charge in [0, 0.05) is 41.5 Å². The SMILES string of the molecule is CCc1cc2c(C[NH+](Cc3ccc(F)cc3)C3CC3)cc(=O)oc2cc1O. The summed E-state index contributed by atoms with van der Waals surface area (Å²) in [4.78, 5) is 13.4. The molecular formula is C22H23FNO3+. The molecule has 1 aromatic heterocycles. The fourth-order valence-electron chi connectivity index (χ4n) is 3.69. The molecule has 1 atom stereocenters. The number of quaternary nitrogens is 1. The maximum absolute atomic E-state index is 13.2. The van der Waals surface area contributed by atoms with E-state index in [-0.39, 0.29) is 11.6 Å². The van der Waals surface area contributed by atoms with Gasteiger partial charge in [0.1, 0.15) is 30.2 Å². The molecule has 0 radical (unpaired) electrons. The first-order chi connectivity index (χ1) is 13.0. The average molecular weight is 368 g/mol. The maximum Gasteiger partial charge on any atom is 0.336 e. The first-order valence-corrected chi connectivity index (χ1v) is 9.41. The van der Waals surface area contributed by atoms with Crippen LogP contribution in [0, 0.1) is 5.82 Å². The van der Waals surface area contributed by atoms with Crippen LogP contribution in [0.25, 0.3) is 11.0 Å². The Hall–Kier alpha value is -2.66. The number of halogens is 1. The van der Waals surface area contributed by atoms with Crippen LogP contribution in [0.15, 0.2) is 51.7 Å². The second-order valence-electron chi connectivity index (χ2n) is 7.33. The molecule has 2 N–H and O–H groups in total. The van der Waals surface area contributed by atoms with Crippen LogP contribution in [0.3, 0.4) is 0 Å². The van der Waals surface area contributed by atoms with Crippen molar-refractivity contribution in [2.45, 2.75) is 45.3 Å². The van der Waals surface area contributed by atoms with Gasteiger partial charge >= 0.3 is 5.63 Å². The molecule has 5 heteroatoms. The average Bonchev–Trinajstić information content (AvgIpc) is 3.47. The summed E-state index contributed by atoms with van der Waals surface area (Å²) in [6.07, 6.45) is 3.03. The van der Waals surface area contributed by atoms with E-state index in [1.807, 2.05) is 25.1 Å². The third-order valence-electron chi connectivity index (χ3n) is 5.33. The zero-order valence-electron chi connectivity index (χ0n) is 15.3. The van der Waals surface area contributed by atoms with Crippen molar-refractivity contribution in [1.82, 2.24) is 0 Å². The molecule has 0 bridgehead atoms. The Morgan fingerprint density at radius 2 is 1.85 bits per heavy atom. The fraction of sp³-hybridized carbons (Fsp3) is 0.318. The van der Waals surface area contributed by atoms with Crippen molar-refractivity contribution in [1.29, 1.82) is 0 Å². The number of aryl methyl sites for hydroxylation is 1. The summed E-state index contributed by atoms with van der Waals surface area (Å²) in [5.41, 5.74) is 2.86. The van der Waals surface area contributed by atoms with Crippen LogP contribution < -0.4 is 10.5 Å². The molecule has 1 unspecified atom stereocenters. The van der Waals surface area contributed by atoms with Crippen molar-refractivity contribution in [2.24, 2.45) is 0 Å². The van der Waals surface area contributed by atoms with Crippen molar-refractivity contribution >= 4 is 11.0 Å². The third-order valence-corrected chi connectivity index (χ3v) is 5.33. The number of phenols is 1. The third kappa shape index (κ3) is 3.88. The predicted octanol–water partition coefficient (Wildman–Crippen LogP) is 2.95. The number of phenolic OH excluding ortho intramolecular Hbond substituents is 1. The zero-order chi connectivity index (χ0) is 19.0. The van der Waals surface area contributed by atoms with E-state index in [0.717, 1.165) is 41.5 Å². The van der Waals surface area contributed by atoms with E-state index < -0.39 is 5.63 Å². The lowest BCUT2D eigenvalue weighted by atomic mass is 10.0. The van der Waals surface area contributed by atoms with Crippen LogP contribution in [0.5, 0.6) is 5.75 Å². The second-order valence-corrected chi connectivity index (χ2v) is 7.33. The van der Waals surface area contributed by atoms with Crippen LogP contribution in [0.2, 0.25) is 0 Å². The van der Waals surface area contributed by atoms with Gasteiger partial charge in [-0.25, -0.2) is 9.18 Å². The van der Waals surface area contributed by atoms with Crippen molar-refractivity contribution in [3.63, 3.8) is 0 Å². The minimum absolute atomic E-state index is 0.156. The molecule has 3 aromatic rings. The molecule has 2 aromatic carbocycles. The summed E-state index contributed by atoms with van der Waals surface area (Å²) in [6.45, 7) is 3.46. The Balaban J connectivity index is 1.69. The molecule has 1 aliphatic carbocycles. The molecule has 1 saturated carbocycles. The largest absolute Gasteiger partial charge is 0.508 e. The minimum Gasteiger partial charge on any atom is -0.508 e. The Morgan fingerprint density at radius 1 is 1.11 bits per heavy atom. The molecule has 1 fully saturated rings. The Morgan fingerprint density at radius 3 is 2.52 bits per heavy atom. The molecule has 4 nitrogen and oxygen atoms in total. The van der Waals surface area contributed by atoms with Crippen LogP contribution >= 0.6 is 0 Å². The zero-order valence-corrected chi connectivity index (χ0v) is 15.3. The standard InChI is InChI=1S/C22H22FNO3/c1-2-15-9-19-16(10-22(26)27-21(19)11-20(15)25)13-24(18-7-8-18)12-14-3-5-17(23)6-4-14/h3-6,9-11,18,25H,2,7-8,12-13H2,1H3/p+1. The van der Waals surface area contributed by atoms with Crippen molar-refractivity contribution in [3.8, 4) is 5.75 Å². The summed E-state index contributed by atoms with van der Waals surface area (Å²) in [6, 6.07) is 12.2. The lowest BCUT2D eigenvalue weighted by Gasteiger charge is -2.20. The first kappa shape index (κ1) is 17.7. The van der Waals surface area contributed by atoms with Gasteiger partial charge < -0.3 is 14.4 Å². The first-order valence-electron chi connectivity index (χ1n) is 9.41. The van der Waals surface area contributed by atoms with Gasteiger partial charge in [-0.15, -0.1) is 0 Å². The Kier molecular flexibility index (Phi) is 4.70. The summed E-state index contributed by atoms with van der Waals surface area (Å²) in [5, 5.41) is 11.0. The van der Waals surface area contributed by atoms with E-state index in [9.17, 15) is 14.3 Å². The maximum atomic E-state index is 13.2. The van der Waals surface area contributed by atoms with Gasteiger partial charge in [-0.3, -0.25) is 0 Å². The molecule has 140 valence electrons. The predicted molar refractivity (Wildman–Crippen MR) is 101 cm³/mol. The van der Waals surface area contributed by atoms with Crippen molar-refractivity contribution in [3.05, 3.63) is 75.4 Å². The van der Waals surface area contributed by atoms with E-state index in [1.54, 1.807) is 6.07 Å². The highest BCUT2D eigenvalue weighted by molar-refractivity contribution is 5.82. The number of hydrogen-bond donors (Lipinski definition) is 2. The summed E-state index contributed by atoms with van der Waals surface area (Å²) >= 11 is 0.